The van der Waals surface area contributed by atoms with Crippen molar-refractivity contribution in [2.75, 3.05) is 36.1 Å². The Morgan fingerprint density at radius 3 is 2.47 bits per heavy atom. The van der Waals surface area contributed by atoms with Crippen LogP contribution in [-0.2, 0) is 14.8 Å². The van der Waals surface area contributed by atoms with E-state index < -0.39 is 27.4 Å². The Morgan fingerprint density at radius 1 is 1.27 bits per heavy atom. The summed E-state index contributed by atoms with van der Waals surface area (Å²) in [6, 6.07) is 9.95. The van der Waals surface area contributed by atoms with Crippen LogP contribution in [0.15, 0.2) is 55.1 Å². The first-order valence-corrected chi connectivity index (χ1v) is 10.4. The zero-order valence-electron chi connectivity index (χ0n) is 16.4. The van der Waals surface area contributed by atoms with E-state index in [0.29, 0.717) is 18.0 Å². The number of amides is 1. The van der Waals surface area contributed by atoms with Gasteiger partial charge in [0.2, 0.25) is 15.9 Å². The van der Waals surface area contributed by atoms with E-state index in [2.05, 4.69) is 11.9 Å². The summed E-state index contributed by atoms with van der Waals surface area (Å²) in [5.41, 5.74) is -0.0297. The molecule has 0 saturated heterocycles. The fourth-order valence-corrected chi connectivity index (χ4v) is 3.34. The van der Waals surface area contributed by atoms with Crippen LogP contribution in [0.25, 0.3) is 0 Å². The van der Waals surface area contributed by atoms with Crippen molar-refractivity contribution < 1.29 is 27.6 Å². The second kappa shape index (κ2) is 9.74. The minimum atomic E-state index is -3.96. The molecule has 0 heterocycles. The van der Waals surface area contributed by atoms with Gasteiger partial charge in [-0.1, -0.05) is 12.7 Å². The highest BCUT2D eigenvalue weighted by Crippen LogP contribution is 2.33. The molecule has 30 heavy (non-hydrogen) atoms. The number of hydrogen-bond donors (Lipinski definition) is 1. The summed E-state index contributed by atoms with van der Waals surface area (Å²) in [5.74, 6) is 0.00304. The van der Waals surface area contributed by atoms with Crippen LogP contribution < -0.4 is 19.1 Å². The molecule has 0 atom stereocenters. The van der Waals surface area contributed by atoms with Crippen LogP contribution in [0.4, 0.5) is 17.1 Å². The summed E-state index contributed by atoms with van der Waals surface area (Å²) < 4.78 is 35.8. The number of hydrogen-bond acceptors (Lipinski definition) is 7. The summed E-state index contributed by atoms with van der Waals surface area (Å²) in [4.78, 5) is 22.9. The third-order valence-electron chi connectivity index (χ3n) is 3.84. The van der Waals surface area contributed by atoms with Crippen molar-refractivity contribution in [3.8, 4) is 11.5 Å². The predicted molar refractivity (Wildman–Crippen MR) is 113 cm³/mol. The summed E-state index contributed by atoms with van der Waals surface area (Å²) in [6.45, 7) is 3.28. The molecule has 0 unspecified atom stereocenters. The van der Waals surface area contributed by atoms with Crippen LogP contribution in [0.3, 0.4) is 0 Å². The maximum absolute atomic E-state index is 12.5. The number of anilines is 2. The van der Waals surface area contributed by atoms with Gasteiger partial charge in [0.15, 0.2) is 0 Å². The standard InChI is InChI=1S/C19H21N3O7S/c1-4-11-29-16-8-5-14(6-9-16)20-19(23)13-21(30(3,26)27)17-12-15(22(24)25)7-10-18(17)28-2/h4-10,12H,1,11,13H2,2-3H3,(H,20,23). The number of rotatable bonds is 10. The fraction of sp³-hybridized carbons (Fsp3) is 0.211. The first kappa shape index (κ1) is 22.7. The minimum Gasteiger partial charge on any atom is -0.495 e. The zero-order valence-corrected chi connectivity index (χ0v) is 17.2. The molecule has 0 aliphatic rings. The van der Waals surface area contributed by atoms with E-state index in [4.69, 9.17) is 9.47 Å². The summed E-state index contributed by atoms with van der Waals surface area (Å²) in [7, 11) is -2.66. The van der Waals surface area contributed by atoms with Crippen molar-refractivity contribution in [2.45, 2.75) is 0 Å². The molecule has 2 rings (SSSR count). The Kier molecular flexibility index (Phi) is 7.37. The molecule has 160 valence electrons. The Balaban J connectivity index is 2.25. The molecule has 1 N–H and O–H groups in total. The highest BCUT2D eigenvalue weighted by molar-refractivity contribution is 7.92. The van der Waals surface area contributed by atoms with Crippen LogP contribution in [0.2, 0.25) is 0 Å². The lowest BCUT2D eigenvalue weighted by Gasteiger charge is -2.23. The van der Waals surface area contributed by atoms with Crippen LogP contribution >= 0.6 is 0 Å². The van der Waals surface area contributed by atoms with Gasteiger partial charge in [0, 0.05) is 17.8 Å². The highest BCUT2D eigenvalue weighted by atomic mass is 32.2. The number of nitrogens with one attached hydrogen (secondary N) is 1. The molecule has 0 bridgehead atoms. The molecule has 0 spiro atoms. The normalized spacial score (nSPS) is 10.7. The molecular formula is C19H21N3O7S. The van der Waals surface area contributed by atoms with Crippen molar-refractivity contribution in [3.63, 3.8) is 0 Å². The molecule has 0 saturated carbocycles. The average molecular weight is 435 g/mol. The monoisotopic (exact) mass is 435 g/mol. The smallest absolute Gasteiger partial charge is 0.271 e. The van der Waals surface area contributed by atoms with E-state index in [1.165, 1.54) is 19.2 Å². The van der Waals surface area contributed by atoms with Gasteiger partial charge in [-0.05, 0) is 30.3 Å². The van der Waals surface area contributed by atoms with Crippen molar-refractivity contribution >= 4 is 33.0 Å². The number of carbonyl (C=O) groups is 1. The molecule has 0 radical (unpaired) electrons. The third-order valence-corrected chi connectivity index (χ3v) is 4.96. The van der Waals surface area contributed by atoms with Gasteiger partial charge in [0.25, 0.3) is 5.69 Å². The fourth-order valence-electron chi connectivity index (χ4n) is 2.49. The Morgan fingerprint density at radius 2 is 1.93 bits per heavy atom. The number of ether oxygens (including phenoxy) is 2. The molecule has 2 aromatic rings. The topological polar surface area (TPSA) is 128 Å². The Hall–Kier alpha value is -3.60. The predicted octanol–water partition coefficient (Wildman–Crippen LogP) is 2.57. The molecule has 10 nitrogen and oxygen atoms in total. The van der Waals surface area contributed by atoms with E-state index in [1.807, 2.05) is 0 Å². The third kappa shape index (κ3) is 5.95. The lowest BCUT2D eigenvalue weighted by atomic mass is 10.2. The van der Waals surface area contributed by atoms with Crippen LogP contribution in [-0.4, -0.2) is 45.8 Å². The Labute approximate surface area is 173 Å². The SMILES string of the molecule is C=CCOc1ccc(NC(=O)CN(c2cc([N+](=O)[O-])ccc2OC)S(C)(=O)=O)cc1. The number of non-ortho nitro benzene ring substituents is 1. The van der Waals surface area contributed by atoms with Crippen LogP contribution in [0.1, 0.15) is 0 Å². The molecule has 0 aliphatic heterocycles. The quantitative estimate of drug-likeness (QED) is 0.345. The maximum atomic E-state index is 12.5. The van der Waals surface area contributed by atoms with Crippen LogP contribution in [0.5, 0.6) is 11.5 Å². The first-order chi connectivity index (χ1) is 14.2. The number of nitrogens with zero attached hydrogens (tertiary/aromatic N) is 2. The van der Waals surface area contributed by atoms with Crippen molar-refractivity contribution in [2.24, 2.45) is 0 Å². The minimum absolute atomic E-state index is 0.0718. The number of benzene rings is 2. The van der Waals surface area contributed by atoms with Gasteiger partial charge in [-0.25, -0.2) is 8.42 Å². The molecule has 0 fully saturated rings. The van der Waals surface area contributed by atoms with Gasteiger partial charge >= 0.3 is 0 Å². The van der Waals surface area contributed by atoms with Gasteiger partial charge in [-0.3, -0.25) is 19.2 Å². The molecule has 11 heteroatoms. The van der Waals surface area contributed by atoms with Crippen LogP contribution in [0, 0.1) is 10.1 Å². The molecule has 0 aliphatic carbocycles. The van der Waals surface area contributed by atoms with Gasteiger partial charge < -0.3 is 14.8 Å². The van der Waals surface area contributed by atoms with Crippen molar-refractivity contribution in [3.05, 3.63) is 65.2 Å². The van der Waals surface area contributed by atoms with Crippen molar-refractivity contribution in [1.82, 2.24) is 0 Å². The summed E-state index contributed by atoms with van der Waals surface area (Å²) in [5, 5.41) is 13.7. The van der Waals surface area contributed by atoms with E-state index in [0.717, 1.165) is 16.6 Å². The molecule has 0 aromatic heterocycles. The average Bonchev–Trinajstić information content (AvgIpc) is 2.70. The van der Waals surface area contributed by atoms with Gasteiger partial charge in [0.1, 0.15) is 30.3 Å². The van der Waals surface area contributed by atoms with Crippen molar-refractivity contribution in [1.29, 1.82) is 0 Å². The lowest BCUT2D eigenvalue weighted by Crippen LogP contribution is -2.37. The summed E-state index contributed by atoms with van der Waals surface area (Å²) in [6.07, 6.45) is 2.49. The Bertz CT molecular complexity index is 1040. The molecule has 1 amide bonds. The highest BCUT2D eigenvalue weighted by Gasteiger charge is 2.26. The molecular weight excluding hydrogens is 414 g/mol. The van der Waals surface area contributed by atoms with E-state index >= 15 is 0 Å². The van der Waals surface area contributed by atoms with Gasteiger partial charge in [-0.2, -0.15) is 0 Å². The maximum Gasteiger partial charge on any atom is 0.271 e. The zero-order chi connectivity index (χ0) is 22.3. The van der Waals surface area contributed by atoms with Gasteiger partial charge in [-0.15, -0.1) is 0 Å². The second-order valence-electron chi connectivity index (χ2n) is 6.06. The lowest BCUT2D eigenvalue weighted by molar-refractivity contribution is -0.384. The number of sulfonamides is 1. The number of methoxy groups -OCH3 is 1. The van der Waals surface area contributed by atoms with E-state index in [-0.39, 0.29) is 17.1 Å². The number of carbonyl (C=O) groups excluding carboxylic acids is 1. The first-order valence-electron chi connectivity index (χ1n) is 8.59. The number of nitro benzene ring substituents is 1. The molecule has 2 aromatic carbocycles. The van der Waals surface area contributed by atoms with E-state index in [9.17, 15) is 23.3 Å². The van der Waals surface area contributed by atoms with E-state index in [1.54, 1.807) is 30.3 Å². The second-order valence-corrected chi connectivity index (χ2v) is 7.96. The summed E-state index contributed by atoms with van der Waals surface area (Å²) >= 11 is 0. The number of nitro groups is 1. The van der Waals surface area contributed by atoms with Gasteiger partial charge in [0.05, 0.1) is 18.3 Å². The largest absolute Gasteiger partial charge is 0.495 e.